The molecule has 0 aliphatic carbocycles. The standard InChI is InChI=1S/C28H24N2O/c1-21(22-13-5-2-6-14-22)29-27(25-19-11-12-20-26(25)28(29)31)30(23-15-7-3-8-16-23)24-17-9-4-10-18-24/h2-21,27H,1H3/t21-,27+/m0/s1. The fraction of sp³-hybridized carbons (Fsp3) is 0.107. The fourth-order valence-corrected chi connectivity index (χ4v) is 4.47. The zero-order chi connectivity index (χ0) is 21.2. The van der Waals surface area contributed by atoms with Gasteiger partial charge >= 0.3 is 0 Å². The third-order valence-corrected chi connectivity index (χ3v) is 5.98. The maximum absolute atomic E-state index is 13.7. The predicted molar refractivity (Wildman–Crippen MR) is 125 cm³/mol. The predicted octanol–water partition coefficient (Wildman–Crippen LogP) is 6.74. The molecule has 0 N–H and O–H groups in total. The van der Waals surface area contributed by atoms with E-state index in [2.05, 4.69) is 54.3 Å². The number of hydrogen-bond donors (Lipinski definition) is 0. The number of hydrogen-bond acceptors (Lipinski definition) is 2. The van der Waals surface area contributed by atoms with E-state index in [1.165, 1.54) is 0 Å². The van der Waals surface area contributed by atoms with Crippen LogP contribution in [0.4, 0.5) is 11.4 Å². The molecule has 152 valence electrons. The van der Waals surface area contributed by atoms with Crippen LogP contribution in [0, 0.1) is 0 Å². The summed E-state index contributed by atoms with van der Waals surface area (Å²) < 4.78 is 0. The zero-order valence-electron chi connectivity index (χ0n) is 17.4. The molecule has 0 fully saturated rings. The lowest BCUT2D eigenvalue weighted by atomic mass is 10.0. The van der Waals surface area contributed by atoms with Gasteiger partial charge < -0.3 is 9.80 Å². The molecular formula is C28H24N2O. The Labute approximate surface area is 183 Å². The van der Waals surface area contributed by atoms with Gasteiger partial charge in [0.25, 0.3) is 5.91 Å². The molecule has 5 rings (SSSR count). The summed E-state index contributed by atoms with van der Waals surface area (Å²) >= 11 is 0. The summed E-state index contributed by atoms with van der Waals surface area (Å²) in [6.45, 7) is 2.11. The van der Waals surface area contributed by atoms with E-state index in [0.29, 0.717) is 0 Å². The first-order valence-corrected chi connectivity index (χ1v) is 10.6. The molecule has 0 radical (unpaired) electrons. The summed E-state index contributed by atoms with van der Waals surface area (Å²) in [5.41, 5.74) is 5.02. The Balaban J connectivity index is 1.71. The first-order valence-electron chi connectivity index (χ1n) is 10.6. The van der Waals surface area contributed by atoms with Crippen molar-refractivity contribution in [2.75, 3.05) is 4.90 Å². The van der Waals surface area contributed by atoms with Gasteiger partial charge in [-0.15, -0.1) is 0 Å². The van der Waals surface area contributed by atoms with Crippen LogP contribution < -0.4 is 4.90 Å². The van der Waals surface area contributed by atoms with Gasteiger partial charge in [-0.3, -0.25) is 4.79 Å². The zero-order valence-corrected chi connectivity index (χ0v) is 17.4. The van der Waals surface area contributed by atoms with E-state index in [4.69, 9.17) is 0 Å². The molecule has 3 heteroatoms. The molecule has 2 atom stereocenters. The lowest BCUT2D eigenvalue weighted by Gasteiger charge is -2.40. The SMILES string of the molecule is C[C@@H](c1ccccc1)N1C(=O)c2ccccc2[C@H]1N(c1ccccc1)c1ccccc1. The highest BCUT2D eigenvalue weighted by molar-refractivity contribution is 6.00. The van der Waals surface area contributed by atoms with Crippen molar-refractivity contribution in [2.24, 2.45) is 0 Å². The van der Waals surface area contributed by atoms with E-state index < -0.39 is 0 Å². The quantitative estimate of drug-likeness (QED) is 0.368. The molecule has 0 saturated carbocycles. The minimum absolute atomic E-state index is 0.0637. The van der Waals surface area contributed by atoms with Crippen LogP contribution in [0.5, 0.6) is 0 Å². The molecule has 1 aliphatic rings. The Kier molecular flexibility index (Phi) is 5.01. The summed E-state index contributed by atoms with van der Waals surface area (Å²) in [6, 6.07) is 38.7. The van der Waals surface area contributed by atoms with E-state index in [0.717, 1.165) is 28.1 Å². The normalized spacial score (nSPS) is 16.1. The van der Waals surface area contributed by atoms with Crippen LogP contribution in [-0.4, -0.2) is 10.8 Å². The fourth-order valence-electron chi connectivity index (χ4n) is 4.47. The minimum atomic E-state index is -0.247. The molecule has 0 aromatic heterocycles. The Bertz CT molecular complexity index is 1140. The first kappa shape index (κ1) is 19.1. The van der Waals surface area contributed by atoms with Crippen molar-refractivity contribution in [1.82, 2.24) is 4.90 Å². The van der Waals surface area contributed by atoms with Gasteiger partial charge in [0.2, 0.25) is 0 Å². The van der Waals surface area contributed by atoms with Gasteiger partial charge in [0.15, 0.2) is 0 Å². The maximum Gasteiger partial charge on any atom is 0.256 e. The molecule has 31 heavy (non-hydrogen) atoms. The number of carbonyl (C=O) groups is 1. The van der Waals surface area contributed by atoms with E-state index in [9.17, 15) is 4.79 Å². The van der Waals surface area contributed by atoms with Gasteiger partial charge in [0, 0.05) is 22.5 Å². The number of para-hydroxylation sites is 2. The topological polar surface area (TPSA) is 23.6 Å². The van der Waals surface area contributed by atoms with Crippen molar-refractivity contribution in [3.05, 3.63) is 132 Å². The molecule has 4 aromatic carbocycles. The highest BCUT2D eigenvalue weighted by atomic mass is 16.2. The molecule has 0 bridgehead atoms. The largest absolute Gasteiger partial charge is 0.316 e. The number of fused-ring (bicyclic) bond motifs is 1. The van der Waals surface area contributed by atoms with E-state index in [1.807, 2.05) is 77.7 Å². The van der Waals surface area contributed by atoms with Crippen LogP contribution in [0.15, 0.2) is 115 Å². The molecule has 0 spiro atoms. The van der Waals surface area contributed by atoms with E-state index >= 15 is 0 Å². The summed E-state index contributed by atoms with van der Waals surface area (Å²) in [6.07, 6.45) is -0.247. The lowest BCUT2D eigenvalue weighted by molar-refractivity contribution is 0.0648. The highest BCUT2D eigenvalue weighted by Crippen LogP contribution is 2.46. The summed E-state index contributed by atoms with van der Waals surface area (Å²) in [4.78, 5) is 18.0. The number of amides is 1. The van der Waals surface area contributed by atoms with Crippen LogP contribution in [0.3, 0.4) is 0 Å². The highest BCUT2D eigenvalue weighted by Gasteiger charge is 2.43. The average molecular weight is 405 g/mol. The molecule has 0 saturated heterocycles. The molecule has 4 aromatic rings. The first-order chi connectivity index (χ1) is 15.3. The Morgan fingerprint density at radius 2 is 1.16 bits per heavy atom. The van der Waals surface area contributed by atoms with Crippen LogP contribution in [-0.2, 0) is 0 Å². The average Bonchev–Trinajstić information content (AvgIpc) is 3.13. The number of anilines is 2. The number of rotatable bonds is 5. The Morgan fingerprint density at radius 3 is 1.74 bits per heavy atom. The third kappa shape index (κ3) is 3.38. The maximum atomic E-state index is 13.7. The smallest absolute Gasteiger partial charge is 0.256 e. The van der Waals surface area contributed by atoms with Gasteiger partial charge in [-0.1, -0.05) is 84.9 Å². The monoisotopic (exact) mass is 404 g/mol. The second kappa shape index (κ2) is 8.11. The van der Waals surface area contributed by atoms with Crippen molar-refractivity contribution in [1.29, 1.82) is 0 Å². The van der Waals surface area contributed by atoms with Gasteiger partial charge in [-0.2, -0.15) is 0 Å². The van der Waals surface area contributed by atoms with Gasteiger partial charge in [-0.25, -0.2) is 0 Å². The molecule has 3 nitrogen and oxygen atoms in total. The third-order valence-electron chi connectivity index (χ3n) is 5.98. The number of benzene rings is 4. The van der Waals surface area contributed by atoms with Crippen molar-refractivity contribution < 1.29 is 4.79 Å². The summed E-state index contributed by atoms with van der Waals surface area (Å²) in [5, 5.41) is 0. The van der Waals surface area contributed by atoms with Gasteiger partial charge in [-0.05, 0) is 42.8 Å². The summed E-state index contributed by atoms with van der Waals surface area (Å²) in [5.74, 6) is 0.0637. The molecule has 0 unspecified atom stereocenters. The lowest BCUT2D eigenvalue weighted by Crippen LogP contribution is -2.39. The van der Waals surface area contributed by atoms with Gasteiger partial charge in [0.1, 0.15) is 6.17 Å². The second-order valence-electron chi connectivity index (χ2n) is 7.80. The van der Waals surface area contributed by atoms with Crippen LogP contribution in [0.25, 0.3) is 0 Å². The molecule has 1 aliphatic heterocycles. The molecular weight excluding hydrogens is 380 g/mol. The molecule has 1 amide bonds. The Morgan fingerprint density at radius 1 is 0.677 bits per heavy atom. The van der Waals surface area contributed by atoms with Crippen molar-refractivity contribution in [3.8, 4) is 0 Å². The van der Waals surface area contributed by atoms with Crippen molar-refractivity contribution in [3.63, 3.8) is 0 Å². The second-order valence-corrected chi connectivity index (χ2v) is 7.80. The summed E-state index contributed by atoms with van der Waals surface area (Å²) in [7, 11) is 0. The van der Waals surface area contributed by atoms with E-state index in [-0.39, 0.29) is 18.1 Å². The van der Waals surface area contributed by atoms with Crippen LogP contribution >= 0.6 is 0 Å². The number of nitrogens with zero attached hydrogens (tertiary/aromatic N) is 2. The van der Waals surface area contributed by atoms with Gasteiger partial charge in [0.05, 0.1) is 6.04 Å². The molecule has 1 heterocycles. The van der Waals surface area contributed by atoms with Crippen LogP contribution in [0.1, 0.15) is 40.6 Å². The number of carbonyl (C=O) groups excluding carboxylic acids is 1. The van der Waals surface area contributed by atoms with Crippen molar-refractivity contribution >= 4 is 17.3 Å². The minimum Gasteiger partial charge on any atom is -0.316 e. The van der Waals surface area contributed by atoms with Crippen molar-refractivity contribution in [2.45, 2.75) is 19.1 Å². The Hall–Kier alpha value is -3.85. The van der Waals surface area contributed by atoms with Crippen LogP contribution in [0.2, 0.25) is 0 Å². The van der Waals surface area contributed by atoms with E-state index in [1.54, 1.807) is 0 Å².